The van der Waals surface area contributed by atoms with Gasteiger partial charge in [-0.15, -0.1) is 0 Å². The lowest BCUT2D eigenvalue weighted by Crippen LogP contribution is -2.60. The summed E-state index contributed by atoms with van der Waals surface area (Å²) in [5, 5.41) is 0. The number of carbonyl (C=O) groups is 2. The fourth-order valence-corrected chi connectivity index (χ4v) is 9.12. The standard InChI is InChI=1S/C28H40O2/c1-25(2)15-19-17-8-10-23-27(5,20(17)9-7-18(19)21(29)16-25)13-11-22-26(3,4)24(30)12-14-28(22,23)6/h8,20,22-23H,7,9-16H2,1-6H3. The van der Waals surface area contributed by atoms with E-state index in [0.717, 1.165) is 38.5 Å². The SMILES string of the molecule is CC1(C)CC(=O)C2=C(C1)C1=CCC3C(C)(CCC4C(C)(C)C(=O)CCC43C)C1CC2. The molecule has 0 amide bonds. The third-order valence-electron chi connectivity index (χ3n) is 10.6. The van der Waals surface area contributed by atoms with Crippen molar-refractivity contribution in [1.82, 2.24) is 0 Å². The van der Waals surface area contributed by atoms with Crippen LogP contribution in [0.1, 0.15) is 99.3 Å². The van der Waals surface area contributed by atoms with Crippen LogP contribution >= 0.6 is 0 Å². The molecule has 5 unspecified atom stereocenters. The Morgan fingerprint density at radius 2 is 1.53 bits per heavy atom. The molecule has 0 aromatic heterocycles. The number of fused-ring (bicyclic) bond motifs is 6. The average molecular weight is 409 g/mol. The van der Waals surface area contributed by atoms with Gasteiger partial charge in [0.25, 0.3) is 0 Å². The van der Waals surface area contributed by atoms with Gasteiger partial charge in [0.1, 0.15) is 5.78 Å². The number of carbonyl (C=O) groups excluding carboxylic acids is 2. The number of hydrogen-bond donors (Lipinski definition) is 0. The van der Waals surface area contributed by atoms with E-state index in [9.17, 15) is 9.59 Å². The maximum absolute atomic E-state index is 12.9. The van der Waals surface area contributed by atoms with E-state index in [1.807, 2.05) is 0 Å². The third-order valence-corrected chi connectivity index (χ3v) is 10.6. The zero-order valence-electron chi connectivity index (χ0n) is 20.0. The van der Waals surface area contributed by atoms with Crippen LogP contribution < -0.4 is 0 Å². The molecule has 2 heteroatoms. The Bertz CT molecular complexity index is 884. The van der Waals surface area contributed by atoms with Crippen LogP contribution in [-0.2, 0) is 9.59 Å². The lowest BCUT2D eigenvalue weighted by Gasteiger charge is -2.65. The molecular weight excluding hydrogens is 368 g/mol. The number of rotatable bonds is 0. The molecule has 5 atom stereocenters. The van der Waals surface area contributed by atoms with Gasteiger partial charge in [-0.05, 0) is 95.7 Å². The van der Waals surface area contributed by atoms with E-state index >= 15 is 0 Å². The van der Waals surface area contributed by atoms with Gasteiger partial charge in [-0.25, -0.2) is 0 Å². The van der Waals surface area contributed by atoms with Crippen molar-refractivity contribution in [2.75, 3.05) is 0 Å². The minimum absolute atomic E-state index is 0.0911. The molecule has 164 valence electrons. The molecule has 0 aromatic rings. The van der Waals surface area contributed by atoms with Gasteiger partial charge in [-0.1, -0.05) is 47.6 Å². The Labute approximate surface area is 183 Å². The van der Waals surface area contributed by atoms with Crippen LogP contribution in [0.4, 0.5) is 0 Å². The molecule has 5 aliphatic rings. The number of Topliss-reactive ketones (excluding diaryl/α,β-unsaturated/α-hetero) is 2. The monoisotopic (exact) mass is 408 g/mol. The molecule has 5 aliphatic carbocycles. The largest absolute Gasteiger partial charge is 0.299 e. The molecule has 0 aliphatic heterocycles. The summed E-state index contributed by atoms with van der Waals surface area (Å²) in [6.45, 7) is 14.1. The van der Waals surface area contributed by atoms with Gasteiger partial charge in [0, 0.05) is 18.3 Å². The molecule has 0 bridgehead atoms. The molecule has 0 saturated heterocycles. The summed E-state index contributed by atoms with van der Waals surface area (Å²) in [5.74, 6) is 2.65. The second-order valence-corrected chi connectivity index (χ2v) is 13.2. The highest BCUT2D eigenvalue weighted by Gasteiger charge is 2.63. The Hall–Kier alpha value is -1.18. The van der Waals surface area contributed by atoms with Crippen molar-refractivity contribution >= 4 is 11.6 Å². The molecule has 5 rings (SSSR count). The predicted molar refractivity (Wildman–Crippen MR) is 121 cm³/mol. The van der Waals surface area contributed by atoms with Crippen molar-refractivity contribution < 1.29 is 9.59 Å². The summed E-state index contributed by atoms with van der Waals surface area (Å²) in [4.78, 5) is 25.7. The maximum Gasteiger partial charge on any atom is 0.159 e. The van der Waals surface area contributed by atoms with E-state index in [4.69, 9.17) is 0 Å². The van der Waals surface area contributed by atoms with Gasteiger partial charge in [-0.3, -0.25) is 9.59 Å². The summed E-state index contributed by atoms with van der Waals surface area (Å²) >= 11 is 0. The van der Waals surface area contributed by atoms with E-state index in [-0.39, 0.29) is 16.2 Å². The molecule has 2 fully saturated rings. The third kappa shape index (κ3) is 2.61. The zero-order valence-corrected chi connectivity index (χ0v) is 20.0. The second kappa shape index (κ2) is 6.20. The van der Waals surface area contributed by atoms with Crippen molar-refractivity contribution in [2.45, 2.75) is 99.3 Å². The summed E-state index contributed by atoms with van der Waals surface area (Å²) < 4.78 is 0. The van der Waals surface area contributed by atoms with E-state index in [0.29, 0.717) is 41.2 Å². The smallest absolute Gasteiger partial charge is 0.159 e. The highest BCUT2D eigenvalue weighted by Crippen LogP contribution is 2.69. The van der Waals surface area contributed by atoms with E-state index in [1.54, 1.807) is 5.57 Å². The zero-order chi connectivity index (χ0) is 21.7. The van der Waals surface area contributed by atoms with Gasteiger partial charge in [-0.2, -0.15) is 0 Å². The van der Waals surface area contributed by atoms with Crippen molar-refractivity contribution in [3.63, 3.8) is 0 Å². The van der Waals surface area contributed by atoms with Crippen molar-refractivity contribution in [3.8, 4) is 0 Å². The predicted octanol–water partition coefficient (Wildman–Crippen LogP) is 6.84. The van der Waals surface area contributed by atoms with Crippen LogP contribution in [0.2, 0.25) is 0 Å². The Morgan fingerprint density at radius 1 is 0.800 bits per heavy atom. The van der Waals surface area contributed by atoms with Crippen molar-refractivity contribution in [2.24, 2.45) is 39.4 Å². The van der Waals surface area contributed by atoms with E-state index < -0.39 is 0 Å². The van der Waals surface area contributed by atoms with Gasteiger partial charge in [0.05, 0.1) is 0 Å². The molecule has 0 spiro atoms. The van der Waals surface area contributed by atoms with Gasteiger partial charge >= 0.3 is 0 Å². The highest BCUT2D eigenvalue weighted by molar-refractivity contribution is 5.98. The molecule has 30 heavy (non-hydrogen) atoms. The van der Waals surface area contributed by atoms with Crippen molar-refractivity contribution in [3.05, 3.63) is 22.8 Å². The summed E-state index contributed by atoms with van der Waals surface area (Å²) in [6, 6.07) is 0. The minimum atomic E-state index is -0.180. The van der Waals surface area contributed by atoms with E-state index in [2.05, 4.69) is 47.6 Å². The van der Waals surface area contributed by atoms with Gasteiger partial charge < -0.3 is 0 Å². The van der Waals surface area contributed by atoms with Crippen LogP contribution in [0.15, 0.2) is 22.8 Å². The topological polar surface area (TPSA) is 34.1 Å². The summed E-state index contributed by atoms with van der Waals surface area (Å²) in [5.41, 5.74) is 4.61. The lowest BCUT2D eigenvalue weighted by molar-refractivity contribution is -0.165. The van der Waals surface area contributed by atoms with E-state index in [1.165, 1.54) is 24.0 Å². The van der Waals surface area contributed by atoms with Crippen LogP contribution in [0, 0.1) is 39.4 Å². The fraction of sp³-hybridized carbons (Fsp3) is 0.786. The molecule has 2 saturated carbocycles. The Kier molecular flexibility index (Phi) is 4.28. The molecule has 0 heterocycles. The first-order valence-electron chi connectivity index (χ1n) is 12.4. The van der Waals surface area contributed by atoms with Crippen LogP contribution in [0.25, 0.3) is 0 Å². The minimum Gasteiger partial charge on any atom is -0.299 e. The van der Waals surface area contributed by atoms with Crippen LogP contribution in [-0.4, -0.2) is 11.6 Å². The first-order chi connectivity index (χ1) is 13.9. The molecule has 0 radical (unpaired) electrons. The summed E-state index contributed by atoms with van der Waals surface area (Å²) in [6.07, 6.45) is 11.8. The summed E-state index contributed by atoms with van der Waals surface area (Å²) in [7, 11) is 0. The first-order valence-corrected chi connectivity index (χ1v) is 12.4. The second-order valence-electron chi connectivity index (χ2n) is 13.2. The van der Waals surface area contributed by atoms with Crippen LogP contribution in [0.5, 0.6) is 0 Å². The molecular formula is C28H40O2. The van der Waals surface area contributed by atoms with Gasteiger partial charge in [0.15, 0.2) is 5.78 Å². The maximum atomic E-state index is 12.9. The Morgan fingerprint density at radius 3 is 2.27 bits per heavy atom. The number of hydrogen-bond acceptors (Lipinski definition) is 2. The number of ketones is 2. The first kappa shape index (κ1) is 20.7. The van der Waals surface area contributed by atoms with Crippen molar-refractivity contribution in [1.29, 1.82) is 0 Å². The lowest BCUT2D eigenvalue weighted by atomic mass is 9.38. The highest BCUT2D eigenvalue weighted by atomic mass is 16.1. The Balaban J connectivity index is 1.56. The average Bonchev–Trinajstić information content (AvgIpc) is 2.64. The van der Waals surface area contributed by atoms with Gasteiger partial charge in [0.2, 0.25) is 0 Å². The fourth-order valence-electron chi connectivity index (χ4n) is 9.12. The van der Waals surface area contributed by atoms with Crippen LogP contribution in [0.3, 0.4) is 0 Å². The molecule has 2 nitrogen and oxygen atoms in total. The quantitative estimate of drug-likeness (QED) is 0.440. The molecule has 0 aromatic carbocycles. The number of allylic oxidation sites excluding steroid dienone is 4. The normalized spacial score (nSPS) is 44.5. The molecule has 0 N–H and O–H groups in total.